The first-order valence-corrected chi connectivity index (χ1v) is 5.79. The van der Waals surface area contributed by atoms with E-state index in [4.69, 9.17) is 0 Å². The van der Waals surface area contributed by atoms with Crippen LogP contribution in [0.4, 0.5) is 0 Å². The maximum Gasteiger partial charge on any atom is 0.272 e. The second-order valence-corrected chi connectivity index (χ2v) is 4.99. The van der Waals surface area contributed by atoms with Crippen LogP contribution in [-0.4, -0.2) is 20.5 Å². The first-order valence-electron chi connectivity index (χ1n) is 3.42. The van der Waals surface area contributed by atoms with Gasteiger partial charge in [0.15, 0.2) is 0 Å². The topological polar surface area (TPSA) is 56.3 Å². The SMILES string of the molecule is COS(=O)(=O)Cc1cc(Br)ccn1. The molecule has 0 aliphatic carbocycles. The van der Waals surface area contributed by atoms with Crippen LogP contribution in [0.5, 0.6) is 0 Å². The van der Waals surface area contributed by atoms with Crippen LogP contribution in [0.1, 0.15) is 5.69 Å². The molecule has 0 N–H and O–H groups in total. The summed E-state index contributed by atoms with van der Waals surface area (Å²) in [7, 11) is -2.34. The summed E-state index contributed by atoms with van der Waals surface area (Å²) in [6.45, 7) is 0. The molecule has 0 aromatic carbocycles. The predicted molar refractivity (Wildman–Crippen MR) is 51.6 cm³/mol. The lowest BCUT2D eigenvalue weighted by Crippen LogP contribution is -2.06. The second kappa shape index (κ2) is 4.17. The molecule has 1 heterocycles. The summed E-state index contributed by atoms with van der Waals surface area (Å²) in [5.74, 6) is -0.205. The van der Waals surface area contributed by atoms with Gasteiger partial charge < -0.3 is 0 Å². The first-order chi connectivity index (χ1) is 6.03. The van der Waals surface area contributed by atoms with Gasteiger partial charge in [0.25, 0.3) is 10.1 Å². The normalized spacial score (nSPS) is 11.5. The van der Waals surface area contributed by atoms with Crippen molar-refractivity contribution >= 4 is 26.0 Å². The van der Waals surface area contributed by atoms with Crippen molar-refractivity contribution in [2.24, 2.45) is 0 Å². The van der Waals surface area contributed by atoms with Crippen LogP contribution in [0, 0.1) is 0 Å². The van der Waals surface area contributed by atoms with E-state index in [0.717, 1.165) is 11.6 Å². The van der Waals surface area contributed by atoms with E-state index in [1.165, 1.54) is 6.20 Å². The van der Waals surface area contributed by atoms with Crippen molar-refractivity contribution in [3.8, 4) is 0 Å². The molecule has 0 unspecified atom stereocenters. The fraction of sp³-hybridized carbons (Fsp3) is 0.286. The van der Waals surface area contributed by atoms with E-state index in [0.29, 0.717) is 5.69 Å². The molecule has 0 aliphatic rings. The van der Waals surface area contributed by atoms with E-state index < -0.39 is 10.1 Å². The Labute approximate surface area is 85.2 Å². The van der Waals surface area contributed by atoms with E-state index in [1.807, 2.05) is 0 Å². The Morgan fingerprint density at radius 2 is 2.31 bits per heavy atom. The molecule has 13 heavy (non-hydrogen) atoms. The number of aromatic nitrogens is 1. The third-order valence-corrected chi connectivity index (χ3v) is 3.01. The molecule has 4 nitrogen and oxygen atoms in total. The highest BCUT2D eigenvalue weighted by Gasteiger charge is 2.10. The van der Waals surface area contributed by atoms with Crippen molar-refractivity contribution in [1.29, 1.82) is 0 Å². The Bertz CT molecular complexity index is 390. The van der Waals surface area contributed by atoms with E-state index in [2.05, 4.69) is 25.1 Å². The Hall–Kier alpha value is -0.460. The van der Waals surface area contributed by atoms with Crippen molar-refractivity contribution in [3.05, 3.63) is 28.5 Å². The van der Waals surface area contributed by atoms with Gasteiger partial charge in [-0.25, -0.2) is 0 Å². The van der Waals surface area contributed by atoms with Gasteiger partial charge in [0.2, 0.25) is 0 Å². The minimum Gasteiger partial charge on any atom is -0.273 e. The molecule has 0 amide bonds. The molecule has 0 atom stereocenters. The predicted octanol–water partition coefficient (Wildman–Crippen LogP) is 1.32. The van der Waals surface area contributed by atoms with Gasteiger partial charge in [0, 0.05) is 10.7 Å². The molecule has 0 saturated carbocycles. The number of rotatable bonds is 3. The van der Waals surface area contributed by atoms with Crippen molar-refractivity contribution < 1.29 is 12.6 Å². The van der Waals surface area contributed by atoms with Gasteiger partial charge in [-0.2, -0.15) is 8.42 Å². The second-order valence-electron chi connectivity index (χ2n) is 2.33. The molecule has 1 rings (SSSR count). The van der Waals surface area contributed by atoms with Crippen molar-refractivity contribution in [1.82, 2.24) is 4.98 Å². The fourth-order valence-electron chi connectivity index (χ4n) is 0.768. The van der Waals surface area contributed by atoms with Crippen LogP contribution in [0.25, 0.3) is 0 Å². The van der Waals surface area contributed by atoms with Crippen LogP contribution < -0.4 is 0 Å². The highest BCUT2D eigenvalue weighted by atomic mass is 79.9. The molecular weight excluding hydrogens is 258 g/mol. The lowest BCUT2D eigenvalue weighted by molar-refractivity contribution is 0.396. The molecule has 0 saturated heterocycles. The zero-order valence-electron chi connectivity index (χ0n) is 6.90. The largest absolute Gasteiger partial charge is 0.273 e. The number of pyridine rings is 1. The van der Waals surface area contributed by atoms with Gasteiger partial charge in [0.05, 0.1) is 12.8 Å². The summed E-state index contributed by atoms with van der Waals surface area (Å²) < 4.78 is 27.1. The third kappa shape index (κ3) is 3.41. The van der Waals surface area contributed by atoms with Gasteiger partial charge in [0.1, 0.15) is 5.75 Å². The van der Waals surface area contributed by atoms with Gasteiger partial charge >= 0.3 is 0 Å². The number of halogens is 1. The van der Waals surface area contributed by atoms with E-state index in [1.54, 1.807) is 12.1 Å². The van der Waals surface area contributed by atoms with Gasteiger partial charge in [-0.1, -0.05) is 15.9 Å². The highest BCUT2D eigenvalue weighted by Crippen LogP contribution is 2.11. The van der Waals surface area contributed by atoms with Crippen molar-refractivity contribution in [2.45, 2.75) is 5.75 Å². The van der Waals surface area contributed by atoms with Gasteiger partial charge in [-0.05, 0) is 12.1 Å². The van der Waals surface area contributed by atoms with Crippen LogP contribution >= 0.6 is 15.9 Å². The maximum absolute atomic E-state index is 11.0. The molecule has 6 heteroatoms. The summed E-state index contributed by atoms with van der Waals surface area (Å²) in [5, 5.41) is 0. The Morgan fingerprint density at radius 1 is 1.62 bits per heavy atom. The average Bonchev–Trinajstić information content (AvgIpc) is 2.03. The van der Waals surface area contributed by atoms with Crippen molar-refractivity contribution in [3.63, 3.8) is 0 Å². The van der Waals surface area contributed by atoms with E-state index in [-0.39, 0.29) is 5.75 Å². The monoisotopic (exact) mass is 265 g/mol. The fourth-order valence-corrected chi connectivity index (χ4v) is 1.79. The average molecular weight is 266 g/mol. The Balaban J connectivity index is 2.87. The number of hydrogen-bond donors (Lipinski definition) is 0. The van der Waals surface area contributed by atoms with Crippen molar-refractivity contribution in [2.75, 3.05) is 7.11 Å². The highest BCUT2D eigenvalue weighted by molar-refractivity contribution is 9.10. The molecule has 0 aliphatic heterocycles. The molecule has 72 valence electrons. The standard InChI is InChI=1S/C7H8BrNO3S/c1-12-13(10,11)5-7-4-6(8)2-3-9-7/h2-4H,5H2,1H3. The quantitative estimate of drug-likeness (QED) is 0.774. The summed E-state index contributed by atoms with van der Waals surface area (Å²) in [5.41, 5.74) is 0.455. The summed E-state index contributed by atoms with van der Waals surface area (Å²) >= 11 is 3.22. The summed E-state index contributed by atoms with van der Waals surface area (Å²) in [6.07, 6.45) is 1.53. The van der Waals surface area contributed by atoms with Gasteiger partial charge in [-0.3, -0.25) is 9.17 Å². The zero-order valence-corrected chi connectivity index (χ0v) is 9.30. The number of hydrogen-bond acceptors (Lipinski definition) is 4. The van der Waals surface area contributed by atoms with E-state index in [9.17, 15) is 8.42 Å². The van der Waals surface area contributed by atoms with Crippen LogP contribution in [0.15, 0.2) is 22.8 Å². The Kier molecular flexibility index (Phi) is 3.40. The molecule has 0 fully saturated rings. The molecule has 1 aromatic heterocycles. The summed E-state index contributed by atoms with van der Waals surface area (Å²) in [4.78, 5) is 3.88. The Morgan fingerprint density at radius 3 is 2.85 bits per heavy atom. The zero-order chi connectivity index (χ0) is 9.90. The lowest BCUT2D eigenvalue weighted by Gasteiger charge is -2.00. The smallest absolute Gasteiger partial charge is 0.272 e. The third-order valence-electron chi connectivity index (χ3n) is 1.36. The number of nitrogens with zero attached hydrogens (tertiary/aromatic N) is 1. The minimum atomic E-state index is -3.47. The first kappa shape index (κ1) is 10.6. The molecule has 0 radical (unpaired) electrons. The molecule has 0 spiro atoms. The van der Waals surface area contributed by atoms with Crippen LogP contribution in [-0.2, 0) is 20.1 Å². The van der Waals surface area contributed by atoms with Crippen LogP contribution in [0.2, 0.25) is 0 Å². The van der Waals surface area contributed by atoms with Crippen LogP contribution in [0.3, 0.4) is 0 Å². The molecule has 0 bridgehead atoms. The maximum atomic E-state index is 11.0. The summed E-state index contributed by atoms with van der Waals surface area (Å²) in [6, 6.07) is 3.36. The minimum absolute atomic E-state index is 0.205. The lowest BCUT2D eigenvalue weighted by atomic mass is 10.4. The van der Waals surface area contributed by atoms with Gasteiger partial charge in [-0.15, -0.1) is 0 Å². The molecular formula is C7H8BrNO3S. The molecule has 1 aromatic rings. The van der Waals surface area contributed by atoms with E-state index >= 15 is 0 Å².